The van der Waals surface area contributed by atoms with Crippen LogP contribution in [0.15, 0.2) is 52.0 Å². The fourth-order valence-electron chi connectivity index (χ4n) is 3.24. The zero-order chi connectivity index (χ0) is 23.9. The molecule has 1 aliphatic heterocycles. The van der Waals surface area contributed by atoms with E-state index in [1.165, 1.54) is 19.4 Å². The SMILES string of the molecule is COc1c(C=NNc2nc(Nc3cccc(Br)c3)nc(N3CCOCC3)n2)cccc1[N+](=O)[O-]. The summed E-state index contributed by atoms with van der Waals surface area (Å²) in [5, 5.41) is 18.6. The maximum Gasteiger partial charge on any atom is 0.311 e. The average molecular weight is 529 g/mol. The molecule has 13 heteroatoms. The zero-order valence-corrected chi connectivity index (χ0v) is 19.7. The van der Waals surface area contributed by atoms with Crippen molar-refractivity contribution in [3.05, 3.63) is 62.6 Å². The highest BCUT2D eigenvalue weighted by atomic mass is 79.9. The van der Waals surface area contributed by atoms with Gasteiger partial charge < -0.3 is 19.7 Å². The van der Waals surface area contributed by atoms with Gasteiger partial charge in [-0.3, -0.25) is 10.1 Å². The van der Waals surface area contributed by atoms with Gasteiger partial charge in [-0.05, 0) is 24.3 Å². The van der Waals surface area contributed by atoms with Crippen LogP contribution in [0.5, 0.6) is 5.75 Å². The number of nitro benzene ring substituents is 1. The minimum atomic E-state index is -0.510. The molecule has 3 aromatic rings. The molecule has 176 valence electrons. The number of nitrogens with one attached hydrogen (secondary N) is 2. The predicted octanol–water partition coefficient (Wildman–Crippen LogP) is 3.58. The van der Waals surface area contributed by atoms with Gasteiger partial charge in [-0.15, -0.1) is 0 Å². The Hall–Kier alpha value is -3.84. The number of nitrogens with zero attached hydrogens (tertiary/aromatic N) is 6. The Morgan fingerprint density at radius 3 is 2.68 bits per heavy atom. The highest BCUT2D eigenvalue weighted by molar-refractivity contribution is 9.10. The van der Waals surface area contributed by atoms with Crippen LogP contribution in [0, 0.1) is 10.1 Å². The van der Waals surface area contributed by atoms with E-state index in [0.29, 0.717) is 43.8 Å². The number of hydrogen-bond donors (Lipinski definition) is 2. The van der Waals surface area contributed by atoms with E-state index in [4.69, 9.17) is 9.47 Å². The largest absolute Gasteiger partial charge is 0.490 e. The molecule has 34 heavy (non-hydrogen) atoms. The smallest absolute Gasteiger partial charge is 0.311 e. The maximum absolute atomic E-state index is 11.2. The molecular formula is C21H21BrN8O4. The summed E-state index contributed by atoms with van der Waals surface area (Å²) >= 11 is 3.45. The van der Waals surface area contributed by atoms with Gasteiger partial charge in [-0.25, -0.2) is 5.43 Å². The van der Waals surface area contributed by atoms with Crippen LogP contribution < -0.4 is 20.4 Å². The van der Waals surface area contributed by atoms with Crippen molar-refractivity contribution in [2.24, 2.45) is 5.10 Å². The van der Waals surface area contributed by atoms with Gasteiger partial charge >= 0.3 is 5.69 Å². The van der Waals surface area contributed by atoms with Crippen LogP contribution >= 0.6 is 15.9 Å². The fraction of sp³-hybridized carbons (Fsp3) is 0.238. The molecule has 0 aliphatic carbocycles. The van der Waals surface area contributed by atoms with Gasteiger partial charge in [0.25, 0.3) is 0 Å². The number of hydrogen-bond acceptors (Lipinski definition) is 11. The van der Waals surface area contributed by atoms with Gasteiger partial charge in [0.05, 0.1) is 31.5 Å². The number of halogens is 1. The molecule has 1 aromatic heterocycles. The Bertz CT molecular complexity index is 1200. The molecule has 2 heterocycles. The lowest BCUT2D eigenvalue weighted by atomic mass is 10.2. The first-order chi connectivity index (χ1) is 16.5. The van der Waals surface area contributed by atoms with Crippen molar-refractivity contribution in [3.8, 4) is 5.75 Å². The maximum atomic E-state index is 11.2. The number of para-hydroxylation sites is 1. The molecule has 0 atom stereocenters. The quantitative estimate of drug-likeness (QED) is 0.253. The molecule has 4 rings (SSSR count). The minimum absolute atomic E-state index is 0.111. The molecule has 0 amide bonds. The van der Waals surface area contributed by atoms with Gasteiger partial charge in [-0.1, -0.05) is 28.1 Å². The second kappa shape index (κ2) is 10.9. The van der Waals surface area contributed by atoms with Gasteiger partial charge in [0.2, 0.25) is 23.6 Å². The number of morpholine rings is 1. The van der Waals surface area contributed by atoms with E-state index in [0.717, 1.165) is 10.2 Å². The van der Waals surface area contributed by atoms with E-state index in [1.54, 1.807) is 12.1 Å². The molecule has 1 fully saturated rings. The summed E-state index contributed by atoms with van der Waals surface area (Å²) < 4.78 is 11.5. The molecule has 2 N–H and O–H groups in total. The molecule has 0 radical (unpaired) electrons. The van der Waals surface area contributed by atoms with Crippen LogP contribution in [0.1, 0.15) is 5.56 Å². The third-order valence-corrected chi connectivity index (χ3v) is 5.29. The van der Waals surface area contributed by atoms with Gasteiger partial charge in [0.1, 0.15) is 0 Å². The van der Waals surface area contributed by atoms with Crippen LogP contribution in [-0.4, -0.2) is 59.5 Å². The van der Waals surface area contributed by atoms with Crippen molar-refractivity contribution >= 4 is 51.4 Å². The number of anilines is 4. The number of methoxy groups -OCH3 is 1. The number of benzene rings is 2. The average Bonchev–Trinajstić information content (AvgIpc) is 2.84. The van der Waals surface area contributed by atoms with Crippen LogP contribution in [0.4, 0.5) is 29.2 Å². The number of ether oxygens (including phenoxy) is 2. The Morgan fingerprint density at radius 1 is 1.18 bits per heavy atom. The Morgan fingerprint density at radius 2 is 1.94 bits per heavy atom. The lowest BCUT2D eigenvalue weighted by Gasteiger charge is -2.27. The first kappa shape index (κ1) is 23.3. The summed E-state index contributed by atoms with van der Waals surface area (Å²) in [6.45, 7) is 2.45. The van der Waals surface area contributed by atoms with Crippen molar-refractivity contribution < 1.29 is 14.4 Å². The van der Waals surface area contributed by atoms with E-state index >= 15 is 0 Å². The lowest BCUT2D eigenvalue weighted by molar-refractivity contribution is -0.385. The van der Waals surface area contributed by atoms with Crippen LogP contribution in [0.3, 0.4) is 0 Å². The number of hydrazone groups is 1. The van der Waals surface area contributed by atoms with Gasteiger partial charge in [-0.2, -0.15) is 20.1 Å². The molecule has 1 aliphatic rings. The highest BCUT2D eigenvalue weighted by Crippen LogP contribution is 2.29. The Labute approximate surface area is 203 Å². The molecule has 0 saturated carbocycles. The Kier molecular flexibility index (Phi) is 7.44. The van der Waals surface area contributed by atoms with E-state index < -0.39 is 4.92 Å². The molecule has 0 bridgehead atoms. The molecule has 0 unspecified atom stereocenters. The van der Waals surface area contributed by atoms with E-state index in [9.17, 15) is 10.1 Å². The number of rotatable bonds is 8. The van der Waals surface area contributed by atoms with E-state index in [2.05, 4.69) is 46.7 Å². The summed E-state index contributed by atoms with van der Waals surface area (Å²) in [5.74, 6) is 1.12. The number of nitro groups is 1. The minimum Gasteiger partial charge on any atom is -0.490 e. The first-order valence-electron chi connectivity index (χ1n) is 10.3. The van der Waals surface area contributed by atoms with Gasteiger partial charge in [0.15, 0.2) is 0 Å². The Balaban J connectivity index is 1.60. The van der Waals surface area contributed by atoms with Crippen molar-refractivity contribution in [3.63, 3.8) is 0 Å². The highest BCUT2D eigenvalue weighted by Gasteiger charge is 2.18. The monoisotopic (exact) mass is 528 g/mol. The zero-order valence-electron chi connectivity index (χ0n) is 18.1. The predicted molar refractivity (Wildman–Crippen MR) is 131 cm³/mol. The molecular weight excluding hydrogens is 508 g/mol. The van der Waals surface area contributed by atoms with Gasteiger partial charge in [0, 0.05) is 34.9 Å². The third kappa shape index (κ3) is 5.74. The van der Waals surface area contributed by atoms with Crippen molar-refractivity contribution in [2.75, 3.05) is 49.1 Å². The summed E-state index contributed by atoms with van der Waals surface area (Å²) in [5.41, 5.74) is 3.86. The second-order valence-electron chi connectivity index (χ2n) is 7.04. The third-order valence-electron chi connectivity index (χ3n) is 4.79. The van der Waals surface area contributed by atoms with E-state index in [-0.39, 0.29) is 17.4 Å². The fourth-order valence-corrected chi connectivity index (χ4v) is 3.64. The van der Waals surface area contributed by atoms with Crippen LogP contribution in [0.2, 0.25) is 0 Å². The molecule has 1 saturated heterocycles. The summed E-state index contributed by atoms with van der Waals surface area (Å²) in [7, 11) is 1.37. The summed E-state index contributed by atoms with van der Waals surface area (Å²) in [6.07, 6.45) is 1.41. The molecule has 2 aromatic carbocycles. The van der Waals surface area contributed by atoms with Crippen LogP contribution in [0.25, 0.3) is 0 Å². The van der Waals surface area contributed by atoms with Crippen molar-refractivity contribution in [1.82, 2.24) is 15.0 Å². The van der Waals surface area contributed by atoms with E-state index in [1.807, 2.05) is 29.2 Å². The van der Waals surface area contributed by atoms with Crippen LogP contribution in [-0.2, 0) is 4.74 Å². The normalized spacial score (nSPS) is 13.6. The van der Waals surface area contributed by atoms with Crippen molar-refractivity contribution in [2.45, 2.75) is 0 Å². The molecule has 0 spiro atoms. The molecule has 12 nitrogen and oxygen atoms in total. The summed E-state index contributed by atoms with van der Waals surface area (Å²) in [4.78, 5) is 26.1. The second-order valence-corrected chi connectivity index (χ2v) is 7.96. The standard InChI is InChI=1S/C21H21BrN8O4/c1-33-18-14(4-2-7-17(18)30(31)32)13-23-28-20-25-19(24-16-6-3-5-15(22)12-16)26-21(27-20)29-8-10-34-11-9-29/h2-7,12-13H,8-11H2,1H3,(H2,24,25,26,27,28). The topological polar surface area (TPSA) is 140 Å². The number of aromatic nitrogens is 3. The lowest BCUT2D eigenvalue weighted by Crippen LogP contribution is -2.37. The summed E-state index contributed by atoms with van der Waals surface area (Å²) in [6, 6.07) is 12.2. The van der Waals surface area contributed by atoms with Crippen molar-refractivity contribution in [1.29, 1.82) is 0 Å². The first-order valence-corrected chi connectivity index (χ1v) is 11.0.